The molecule has 2 aromatic carbocycles. The number of amides is 2. The van der Waals surface area contributed by atoms with Gasteiger partial charge >= 0.3 is 0 Å². The number of hydrazone groups is 1. The average Bonchev–Trinajstić information content (AvgIpc) is 3.42. The Morgan fingerprint density at radius 2 is 1.90 bits per heavy atom. The molecule has 0 spiro atoms. The van der Waals surface area contributed by atoms with Gasteiger partial charge in [-0.1, -0.05) is 42.0 Å². The van der Waals surface area contributed by atoms with Crippen molar-refractivity contribution in [2.45, 2.75) is 19.4 Å². The maximum atomic E-state index is 13.0. The fraction of sp³-hybridized carbons (Fsp3) is 0.174. The van der Waals surface area contributed by atoms with Crippen LogP contribution in [0.2, 0.25) is 0 Å². The van der Waals surface area contributed by atoms with Gasteiger partial charge in [0.05, 0.1) is 17.5 Å². The Morgan fingerprint density at radius 3 is 2.60 bits per heavy atom. The van der Waals surface area contributed by atoms with Gasteiger partial charge < -0.3 is 14.9 Å². The molecule has 7 nitrogen and oxygen atoms in total. The van der Waals surface area contributed by atoms with Crippen LogP contribution in [0.3, 0.4) is 0 Å². The second kappa shape index (κ2) is 8.24. The van der Waals surface area contributed by atoms with E-state index < -0.39 is 5.91 Å². The number of primary amides is 1. The molecule has 4 rings (SSSR count). The van der Waals surface area contributed by atoms with Gasteiger partial charge in [0.2, 0.25) is 0 Å². The van der Waals surface area contributed by atoms with Crippen LogP contribution in [0.25, 0.3) is 0 Å². The third-order valence-electron chi connectivity index (χ3n) is 4.93. The predicted molar refractivity (Wildman–Crippen MR) is 111 cm³/mol. The molecule has 0 saturated heterocycles. The van der Waals surface area contributed by atoms with Crippen LogP contribution in [-0.4, -0.2) is 29.1 Å². The van der Waals surface area contributed by atoms with Crippen LogP contribution in [0.1, 0.15) is 39.7 Å². The lowest BCUT2D eigenvalue weighted by Gasteiger charge is -2.20. The number of nitrogens with zero attached hydrogens (tertiary/aromatic N) is 2. The highest BCUT2D eigenvalue weighted by Gasteiger charge is 2.35. The van der Waals surface area contributed by atoms with E-state index in [1.54, 1.807) is 36.6 Å². The van der Waals surface area contributed by atoms with Crippen molar-refractivity contribution < 1.29 is 18.7 Å². The molecule has 7 heteroatoms. The molecule has 0 bridgehead atoms. The van der Waals surface area contributed by atoms with Gasteiger partial charge in [0.25, 0.3) is 11.8 Å². The molecule has 152 valence electrons. The van der Waals surface area contributed by atoms with Crippen LogP contribution in [0.5, 0.6) is 5.75 Å². The highest BCUT2D eigenvalue weighted by Crippen LogP contribution is 2.33. The third-order valence-corrected chi connectivity index (χ3v) is 4.93. The number of carbonyl (C=O) groups excluding carboxylic acids is 2. The largest absolute Gasteiger partial charge is 0.483 e. The number of benzene rings is 2. The minimum atomic E-state index is -0.618. The zero-order valence-corrected chi connectivity index (χ0v) is 16.4. The molecule has 0 unspecified atom stereocenters. The Balaban J connectivity index is 1.56. The summed E-state index contributed by atoms with van der Waals surface area (Å²) < 4.78 is 11.1. The second-order valence-electron chi connectivity index (χ2n) is 7.04. The van der Waals surface area contributed by atoms with Crippen molar-refractivity contribution in [3.63, 3.8) is 0 Å². The summed E-state index contributed by atoms with van der Waals surface area (Å²) in [6, 6.07) is 17.8. The smallest absolute Gasteiger partial charge is 0.281 e. The molecule has 1 aliphatic rings. The maximum Gasteiger partial charge on any atom is 0.281 e. The Hall–Kier alpha value is -3.87. The van der Waals surface area contributed by atoms with Gasteiger partial charge in [-0.3, -0.25) is 9.59 Å². The standard InChI is InChI=1S/C23H21N3O4/c1-15-8-10-16(11-9-15)18-13-19(21-7-4-12-29-21)26(25-18)22(27)14-30-20-6-3-2-5-17(20)23(24)28/h2-12,19H,13-14H2,1H3,(H2,24,28)/t19-/m1/s1. The van der Waals surface area contributed by atoms with Crippen molar-refractivity contribution >= 4 is 17.5 Å². The number of rotatable bonds is 6. The number of ether oxygens (including phenoxy) is 1. The molecule has 1 aliphatic heterocycles. The Morgan fingerprint density at radius 1 is 1.13 bits per heavy atom. The van der Waals surface area contributed by atoms with E-state index in [9.17, 15) is 9.59 Å². The lowest BCUT2D eigenvalue weighted by Crippen LogP contribution is -2.31. The summed E-state index contributed by atoms with van der Waals surface area (Å²) in [4.78, 5) is 24.5. The Kier molecular flexibility index (Phi) is 5.34. The summed E-state index contributed by atoms with van der Waals surface area (Å²) in [5, 5.41) is 5.95. The van der Waals surface area contributed by atoms with E-state index >= 15 is 0 Å². The average molecular weight is 403 g/mol. The van der Waals surface area contributed by atoms with E-state index in [1.165, 1.54) is 5.01 Å². The van der Waals surface area contributed by atoms with E-state index in [0.717, 1.165) is 16.8 Å². The van der Waals surface area contributed by atoms with Crippen molar-refractivity contribution in [3.05, 3.63) is 89.4 Å². The molecule has 0 radical (unpaired) electrons. The van der Waals surface area contributed by atoms with Crippen molar-refractivity contribution in [2.24, 2.45) is 10.8 Å². The number of nitrogens with two attached hydrogens (primary N) is 1. The van der Waals surface area contributed by atoms with Crippen LogP contribution in [0.15, 0.2) is 76.4 Å². The van der Waals surface area contributed by atoms with Crippen LogP contribution in [-0.2, 0) is 4.79 Å². The second-order valence-corrected chi connectivity index (χ2v) is 7.04. The molecular weight excluding hydrogens is 382 g/mol. The van der Waals surface area contributed by atoms with Gasteiger partial charge in [0.15, 0.2) is 6.61 Å². The van der Waals surface area contributed by atoms with Gasteiger partial charge in [-0.05, 0) is 36.8 Å². The molecule has 0 saturated carbocycles. The summed E-state index contributed by atoms with van der Waals surface area (Å²) >= 11 is 0. The van der Waals surface area contributed by atoms with Crippen LogP contribution >= 0.6 is 0 Å². The van der Waals surface area contributed by atoms with Crippen LogP contribution in [0.4, 0.5) is 0 Å². The molecule has 0 aliphatic carbocycles. The van der Waals surface area contributed by atoms with Gasteiger partial charge in [-0.25, -0.2) is 5.01 Å². The first-order valence-electron chi connectivity index (χ1n) is 9.54. The first kappa shape index (κ1) is 19.4. The predicted octanol–water partition coefficient (Wildman–Crippen LogP) is 3.44. The van der Waals surface area contributed by atoms with Crippen molar-refractivity contribution in [2.75, 3.05) is 6.61 Å². The number of aryl methyl sites for hydroxylation is 1. The third kappa shape index (κ3) is 3.96. The minimum absolute atomic E-state index is 0.221. The molecule has 0 fully saturated rings. The lowest BCUT2D eigenvalue weighted by molar-refractivity contribution is -0.135. The molecule has 2 heterocycles. The fourth-order valence-corrected chi connectivity index (χ4v) is 3.36. The minimum Gasteiger partial charge on any atom is -0.483 e. The Bertz CT molecular complexity index is 1090. The van der Waals surface area contributed by atoms with E-state index in [1.807, 2.05) is 37.3 Å². The number of para-hydroxylation sites is 1. The molecule has 1 aromatic heterocycles. The van der Waals surface area contributed by atoms with Gasteiger partial charge in [0, 0.05) is 6.42 Å². The number of hydrogen-bond acceptors (Lipinski definition) is 5. The van der Waals surface area contributed by atoms with E-state index in [0.29, 0.717) is 12.2 Å². The highest BCUT2D eigenvalue weighted by atomic mass is 16.5. The molecular formula is C23H21N3O4. The number of hydrogen-bond donors (Lipinski definition) is 1. The Labute approximate surface area is 173 Å². The van der Waals surface area contributed by atoms with Crippen molar-refractivity contribution in [1.29, 1.82) is 0 Å². The van der Waals surface area contributed by atoms with E-state index in [4.69, 9.17) is 14.9 Å². The zero-order chi connectivity index (χ0) is 21.1. The summed E-state index contributed by atoms with van der Waals surface area (Å²) in [5.74, 6) is -0.0632. The summed E-state index contributed by atoms with van der Waals surface area (Å²) in [6.07, 6.45) is 2.10. The van der Waals surface area contributed by atoms with E-state index in [2.05, 4.69) is 5.10 Å². The van der Waals surface area contributed by atoms with Gasteiger partial charge in [-0.2, -0.15) is 5.10 Å². The normalized spacial score (nSPS) is 15.7. The first-order valence-corrected chi connectivity index (χ1v) is 9.54. The summed E-state index contributed by atoms with van der Waals surface area (Å²) in [7, 11) is 0. The molecule has 30 heavy (non-hydrogen) atoms. The van der Waals surface area contributed by atoms with Crippen LogP contribution in [0, 0.1) is 6.92 Å². The SMILES string of the molecule is Cc1ccc(C2=NN(C(=O)COc3ccccc3C(N)=O)[C@@H](c3ccco3)C2)cc1. The fourth-order valence-electron chi connectivity index (χ4n) is 3.36. The zero-order valence-electron chi connectivity index (χ0n) is 16.4. The van der Waals surface area contributed by atoms with Gasteiger partial charge in [-0.15, -0.1) is 0 Å². The number of carbonyl (C=O) groups is 2. The molecule has 1 atom stereocenters. The maximum absolute atomic E-state index is 13.0. The van der Waals surface area contributed by atoms with E-state index in [-0.39, 0.29) is 29.9 Å². The highest BCUT2D eigenvalue weighted by molar-refractivity contribution is 6.03. The molecule has 2 amide bonds. The first-order chi connectivity index (χ1) is 14.5. The van der Waals surface area contributed by atoms with Gasteiger partial charge in [0.1, 0.15) is 17.6 Å². The van der Waals surface area contributed by atoms with Crippen LogP contribution < -0.4 is 10.5 Å². The molecule has 3 aromatic rings. The monoisotopic (exact) mass is 403 g/mol. The van der Waals surface area contributed by atoms with Crippen molar-refractivity contribution in [3.8, 4) is 5.75 Å². The number of furan rings is 1. The molecule has 2 N–H and O–H groups in total. The quantitative estimate of drug-likeness (QED) is 0.682. The lowest BCUT2D eigenvalue weighted by atomic mass is 10.0. The topological polar surface area (TPSA) is 98.1 Å². The van der Waals surface area contributed by atoms with Crippen molar-refractivity contribution in [1.82, 2.24) is 5.01 Å². The summed E-state index contributed by atoms with van der Waals surface area (Å²) in [5.41, 5.74) is 8.49. The summed E-state index contributed by atoms with van der Waals surface area (Å²) in [6.45, 7) is 1.73.